The number of nitrogens with zero attached hydrogens (tertiary/aromatic N) is 7. The van der Waals surface area contributed by atoms with E-state index in [-0.39, 0.29) is 11.9 Å². The van der Waals surface area contributed by atoms with Crippen LogP contribution < -0.4 is 0 Å². The lowest BCUT2D eigenvalue weighted by atomic mass is 10.0. The number of piperidine rings is 1. The zero-order valence-electron chi connectivity index (χ0n) is 14.7. The Morgan fingerprint density at radius 1 is 1.24 bits per heavy atom. The highest BCUT2D eigenvalue weighted by atomic mass is 16.2. The number of carbonyl (C=O) groups is 1. The van der Waals surface area contributed by atoms with Gasteiger partial charge in [0.1, 0.15) is 17.2 Å². The number of aryl methyl sites for hydroxylation is 3. The average Bonchev–Trinajstić information content (AvgIpc) is 3.16. The molecule has 0 bridgehead atoms. The molecule has 130 valence electrons. The number of carbonyl (C=O) groups excluding carboxylic acids is 1. The molecule has 8 nitrogen and oxygen atoms in total. The van der Waals surface area contributed by atoms with Gasteiger partial charge in [-0.3, -0.25) is 4.79 Å². The van der Waals surface area contributed by atoms with Crippen LogP contribution in [-0.2, 0) is 0 Å². The summed E-state index contributed by atoms with van der Waals surface area (Å²) in [5.74, 6) is 1.64. The Labute approximate surface area is 145 Å². The molecule has 1 aliphatic rings. The fraction of sp³-hybridized carbons (Fsp3) is 0.471. The Kier molecular flexibility index (Phi) is 3.74. The molecule has 3 aromatic rings. The molecule has 0 spiro atoms. The molecular formula is C17H21N7O. The Bertz CT molecular complexity index is 942. The van der Waals surface area contributed by atoms with Gasteiger partial charge >= 0.3 is 0 Å². The van der Waals surface area contributed by atoms with E-state index in [0.29, 0.717) is 17.8 Å². The lowest BCUT2D eigenvalue weighted by Gasteiger charge is -2.32. The Hall–Kier alpha value is -2.77. The second kappa shape index (κ2) is 5.94. The summed E-state index contributed by atoms with van der Waals surface area (Å²) < 4.78 is 3.60. The molecule has 8 heteroatoms. The van der Waals surface area contributed by atoms with Gasteiger partial charge in [0.15, 0.2) is 5.65 Å². The summed E-state index contributed by atoms with van der Waals surface area (Å²) in [5, 5.41) is 8.74. The van der Waals surface area contributed by atoms with E-state index >= 15 is 0 Å². The van der Waals surface area contributed by atoms with Gasteiger partial charge in [0, 0.05) is 25.0 Å². The molecule has 1 saturated heterocycles. The monoisotopic (exact) mass is 339 g/mol. The molecule has 0 saturated carbocycles. The van der Waals surface area contributed by atoms with Crippen molar-refractivity contribution in [2.45, 2.75) is 39.7 Å². The van der Waals surface area contributed by atoms with Gasteiger partial charge in [-0.15, -0.1) is 0 Å². The first kappa shape index (κ1) is 15.7. The van der Waals surface area contributed by atoms with Crippen molar-refractivity contribution < 1.29 is 4.79 Å². The molecular weight excluding hydrogens is 318 g/mol. The van der Waals surface area contributed by atoms with Crippen molar-refractivity contribution in [3.8, 4) is 0 Å². The van der Waals surface area contributed by atoms with Crippen molar-refractivity contribution in [2.24, 2.45) is 0 Å². The van der Waals surface area contributed by atoms with E-state index < -0.39 is 0 Å². The summed E-state index contributed by atoms with van der Waals surface area (Å²) in [5.41, 5.74) is 2.03. The predicted octanol–water partition coefficient (Wildman–Crippen LogP) is 1.72. The molecule has 1 unspecified atom stereocenters. The first-order valence-corrected chi connectivity index (χ1v) is 8.53. The third kappa shape index (κ3) is 2.77. The van der Waals surface area contributed by atoms with Crippen LogP contribution in [0.3, 0.4) is 0 Å². The highest BCUT2D eigenvalue weighted by molar-refractivity contribution is 5.99. The molecule has 0 aromatic carbocycles. The van der Waals surface area contributed by atoms with Crippen LogP contribution in [0.5, 0.6) is 0 Å². The average molecular weight is 339 g/mol. The fourth-order valence-electron chi connectivity index (χ4n) is 3.50. The second-order valence-electron chi connectivity index (χ2n) is 6.59. The predicted molar refractivity (Wildman–Crippen MR) is 91.4 cm³/mol. The molecule has 0 aliphatic carbocycles. The van der Waals surface area contributed by atoms with Crippen LogP contribution in [0.1, 0.15) is 46.6 Å². The quantitative estimate of drug-likeness (QED) is 0.710. The molecule has 0 N–H and O–H groups in total. The van der Waals surface area contributed by atoms with Crippen LogP contribution in [0.15, 0.2) is 18.5 Å². The molecule has 1 aliphatic heterocycles. The van der Waals surface area contributed by atoms with E-state index in [9.17, 15) is 4.79 Å². The van der Waals surface area contributed by atoms with E-state index in [2.05, 4.69) is 20.2 Å². The first-order valence-electron chi connectivity index (χ1n) is 8.53. The SMILES string of the molecule is Cc1ccn2ncc(C(=O)N3CCCC(n4nc(C)nc4C)C3)c2n1. The van der Waals surface area contributed by atoms with Crippen molar-refractivity contribution in [2.75, 3.05) is 13.1 Å². The lowest BCUT2D eigenvalue weighted by molar-refractivity contribution is 0.0673. The maximum Gasteiger partial charge on any atom is 0.259 e. The maximum absolute atomic E-state index is 13.0. The van der Waals surface area contributed by atoms with Gasteiger partial charge in [-0.05, 0) is 39.7 Å². The van der Waals surface area contributed by atoms with Gasteiger partial charge in [-0.25, -0.2) is 19.2 Å². The molecule has 1 amide bonds. The standard InChI is InChI=1S/C17H21N7O/c1-11-6-8-23-16(19-11)15(9-18-23)17(25)22-7-4-5-14(10-22)24-13(3)20-12(2)21-24/h6,8-9,14H,4-5,7,10H2,1-3H3. The molecule has 4 rings (SSSR count). The molecule has 0 radical (unpaired) electrons. The Morgan fingerprint density at radius 2 is 2.08 bits per heavy atom. The van der Waals surface area contributed by atoms with Crippen LogP contribution >= 0.6 is 0 Å². The van der Waals surface area contributed by atoms with Crippen molar-refractivity contribution >= 4 is 11.6 Å². The third-order valence-corrected chi connectivity index (χ3v) is 4.68. The van der Waals surface area contributed by atoms with Crippen molar-refractivity contribution in [1.29, 1.82) is 0 Å². The molecule has 1 fully saturated rings. The summed E-state index contributed by atoms with van der Waals surface area (Å²) in [6.45, 7) is 7.13. The number of hydrogen-bond donors (Lipinski definition) is 0. The number of amides is 1. The van der Waals surface area contributed by atoms with Crippen molar-refractivity contribution in [3.63, 3.8) is 0 Å². The van der Waals surface area contributed by atoms with Crippen LogP contribution in [-0.4, -0.2) is 53.3 Å². The van der Waals surface area contributed by atoms with Gasteiger partial charge in [0.25, 0.3) is 5.91 Å². The smallest absolute Gasteiger partial charge is 0.259 e. The Balaban J connectivity index is 1.61. The van der Waals surface area contributed by atoms with Gasteiger partial charge in [0.05, 0.1) is 12.2 Å². The van der Waals surface area contributed by atoms with E-state index in [1.54, 1.807) is 10.7 Å². The summed E-state index contributed by atoms with van der Waals surface area (Å²) in [6.07, 6.45) is 5.38. The van der Waals surface area contributed by atoms with E-state index in [1.807, 2.05) is 42.6 Å². The van der Waals surface area contributed by atoms with Crippen molar-refractivity contribution in [3.05, 3.63) is 41.4 Å². The van der Waals surface area contributed by atoms with Crippen LogP contribution in [0.2, 0.25) is 0 Å². The minimum Gasteiger partial charge on any atom is -0.336 e. The molecule has 25 heavy (non-hydrogen) atoms. The summed E-state index contributed by atoms with van der Waals surface area (Å²) in [7, 11) is 0. The van der Waals surface area contributed by atoms with Gasteiger partial charge in [0.2, 0.25) is 0 Å². The van der Waals surface area contributed by atoms with Crippen LogP contribution in [0.25, 0.3) is 5.65 Å². The zero-order chi connectivity index (χ0) is 17.6. The van der Waals surface area contributed by atoms with Crippen LogP contribution in [0.4, 0.5) is 0 Å². The largest absolute Gasteiger partial charge is 0.336 e. The fourth-order valence-corrected chi connectivity index (χ4v) is 3.50. The van der Waals surface area contributed by atoms with Crippen molar-refractivity contribution in [1.82, 2.24) is 34.3 Å². The molecule has 3 aromatic heterocycles. The van der Waals surface area contributed by atoms with Gasteiger partial charge < -0.3 is 4.90 Å². The topological polar surface area (TPSA) is 81.2 Å². The lowest BCUT2D eigenvalue weighted by Crippen LogP contribution is -2.41. The number of aromatic nitrogens is 6. The van der Waals surface area contributed by atoms with Gasteiger partial charge in [-0.1, -0.05) is 0 Å². The van der Waals surface area contributed by atoms with Gasteiger partial charge in [-0.2, -0.15) is 10.2 Å². The maximum atomic E-state index is 13.0. The number of rotatable bonds is 2. The van der Waals surface area contributed by atoms with E-state index in [0.717, 1.165) is 36.7 Å². The minimum atomic E-state index is -0.0210. The second-order valence-corrected chi connectivity index (χ2v) is 6.59. The molecule has 4 heterocycles. The summed E-state index contributed by atoms with van der Waals surface area (Å²) >= 11 is 0. The highest BCUT2D eigenvalue weighted by Crippen LogP contribution is 2.24. The molecule has 1 atom stereocenters. The number of fused-ring (bicyclic) bond motifs is 1. The normalized spacial score (nSPS) is 18.0. The Morgan fingerprint density at radius 3 is 2.84 bits per heavy atom. The third-order valence-electron chi connectivity index (χ3n) is 4.68. The highest BCUT2D eigenvalue weighted by Gasteiger charge is 2.29. The number of hydrogen-bond acceptors (Lipinski definition) is 5. The summed E-state index contributed by atoms with van der Waals surface area (Å²) in [4.78, 5) is 23.8. The minimum absolute atomic E-state index is 0.0210. The first-order chi connectivity index (χ1) is 12.0. The summed E-state index contributed by atoms with van der Waals surface area (Å²) in [6, 6.07) is 2.04. The zero-order valence-corrected chi connectivity index (χ0v) is 14.7. The number of likely N-dealkylation sites (tertiary alicyclic amines) is 1. The van der Waals surface area contributed by atoms with Crippen LogP contribution in [0, 0.1) is 20.8 Å². The van der Waals surface area contributed by atoms with E-state index in [1.165, 1.54) is 0 Å². The van der Waals surface area contributed by atoms with E-state index in [4.69, 9.17) is 0 Å².